The van der Waals surface area contributed by atoms with Crippen molar-refractivity contribution < 1.29 is 9.47 Å². The number of piperazine rings is 1. The van der Waals surface area contributed by atoms with Crippen molar-refractivity contribution in [3.63, 3.8) is 0 Å². The van der Waals surface area contributed by atoms with E-state index in [1.165, 1.54) is 0 Å². The van der Waals surface area contributed by atoms with Crippen LogP contribution in [-0.4, -0.2) is 38.8 Å². The third-order valence-electron chi connectivity index (χ3n) is 5.22. The lowest BCUT2D eigenvalue weighted by atomic mass is 10.0. The van der Waals surface area contributed by atoms with Gasteiger partial charge >= 0.3 is 0 Å². The summed E-state index contributed by atoms with van der Waals surface area (Å²) in [6.07, 6.45) is 1.63. The number of rotatable bonds is 4. The molecule has 1 aliphatic heterocycles. The molecule has 1 saturated heterocycles. The molecule has 1 atom stereocenters. The summed E-state index contributed by atoms with van der Waals surface area (Å²) in [4.78, 5) is 6.86. The minimum Gasteiger partial charge on any atom is -0.493 e. The number of fused-ring (bicyclic) bond motifs is 1. The smallest absolute Gasteiger partial charge is 0.161 e. The van der Waals surface area contributed by atoms with Crippen LogP contribution >= 0.6 is 11.6 Å². The van der Waals surface area contributed by atoms with Crippen molar-refractivity contribution in [3.05, 3.63) is 58.7 Å². The molecule has 1 N–H and O–H groups in total. The van der Waals surface area contributed by atoms with Gasteiger partial charge in [-0.05, 0) is 29.8 Å². The lowest BCUT2D eigenvalue weighted by Gasteiger charge is -2.35. The van der Waals surface area contributed by atoms with Crippen LogP contribution in [0.2, 0.25) is 5.02 Å². The third-order valence-corrected chi connectivity index (χ3v) is 5.45. The molecule has 2 aromatic carbocycles. The molecule has 0 bridgehead atoms. The van der Waals surface area contributed by atoms with E-state index in [-0.39, 0.29) is 6.04 Å². The highest BCUT2D eigenvalue weighted by Gasteiger charge is 2.24. The average Bonchev–Trinajstić information content (AvgIpc) is 2.77. The van der Waals surface area contributed by atoms with Crippen LogP contribution in [0, 0.1) is 11.3 Å². The van der Waals surface area contributed by atoms with E-state index in [4.69, 9.17) is 21.1 Å². The first kappa shape index (κ1) is 19.3. The second-order valence-electron chi connectivity index (χ2n) is 6.87. The number of pyridine rings is 1. The zero-order valence-electron chi connectivity index (χ0n) is 16.3. The fraction of sp³-hybridized carbons (Fsp3) is 0.273. The Bertz CT molecular complexity index is 1100. The lowest BCUT2D eigenvalue weighted by molar-refractivity contribution is 0.356. The van der Waals surface area contributed by atoms with Crippen LogP contribution in [-0.2, 0) is 0 Å². The van der Waals surface area contributed by atoms with Crippen molar-refractivity contribution in [1.82, 2.24) is 10.3 Å². The molecule has 1 aromatic heterocycles. The number of nitriles is 1. The van der Waals surface area contributed by atoms with E-state index in [1.807, 2.05) is 30.3 Å². The van der Waals surface area contributed by atoms with Crippen molar-refractivity contribution in [2.45, 2.75) is 6.04 Å². The van der Waals surface area contributed by atoms with Gasteiger partial charge in [0.2, 0.25) is 0 Å². The van der Waals surface area contributed by atoms with Gasteiger partial charge < -0.3 is 19.7 Å². The van der Waals surface area contributed by atoms with Crippen LogP contribution in [0.1, 0.15) is 17.2 Å². The maximum Gasteiger partial charge on any atom is 0.161 e. The highest BCUT2D eigenvalue weighted by Crippen LogP contribution is 2.38. The van der Waals surface area contributed by atoms with Crippen molar-refractivity contribution in [2.75, 3.05) is 38.8 Å². The second-order valence-corrected chi connectivity index (χ2v) is 7.30. The van der Waals surface area contributed by atoms with E-state index in [2.05, 4.69) is 27.3 Å². The Morgan fingerprint density at radius 1 is 1.17 bits per heavy atom. The predicted octanol–water partition coefficient (Wildman–Crippen LogP) is 3.93. The minimum absolute atomic E-state index is 0.134. The quantitative estimate of drug-likeness (QED) is 0.705. The summed E-state index contributed by atoms with van der Waals surface area (Å²) >= 11 is 6.18. The molecule has 148 valence electrons. The molecule has 3 aromatic rings. The van der Waals surface area contributed by atoms with E-state index in [0.29, 0.717) is 17.1 Å². The Kier molecular flexibility index (Phi) is 5.43. The number of hydrogen-bond donors (Lipinski definition) is 1. The summed E-state index contributed by atoms with van der Waals surface area (Å²) < 4.78 is 10.9. The Balaban J connectivity index is 1.78. The Morgan fingerprint density at radius 3 is 2.62 bits per heavy atom. The summed E-state index contributed by atoms with van der Waals surface area (Å²) in [6, 6.07) is 14.0. The van der Waals surface area contributed by atoms with Crippen molar-refractivity contribution in [3.8, 4) is 17.6 Å². The van der Waals surface area contributed by atoms with Gasteiger partial charge in [0.05, 0.1) is 19.8 Å². The molecular weight excluding hydrogens is 388 g/mol. The van der Waals surface area contributed by atoms with Gasteiger partial charge in [0.15, 0.2) is 11.5 Å². The van der Waals surface area contributed by atoms with Gasteiger partial charge in [-0.3, -0.25) is 0 Å². The largest absolute Gasteiger partial charge is 0.493 e. The average molecular weight is 409 g/mol. The third kappa shape index (κ3) is 3.67. The molecule has 1 aliphatic rings. The van der Waals surface area contributed by atoms with Crippen LogP contribution in [0.15, 0.2) is 42.6 Å². The molecule has 0 aliphatic carbocycles. The number of benzene rings is 2. The van der Waals surface area contributed by atoms with E-state index >= 15 is 0 Å². The summed E-state index contributed by atoms with van der Waals surface area (Å²) in [5, 5.41) is 15.5. The topological polar surface area (TPSA) is 70.4 Å². The van der Waals surface area contributed by atoms with Gasteiger partial charge in [-0.1, -0.05) is 23.7 Å². The van der Waals surface area contributed by atoms with Crippen LogP contribution in [0.25, 0.3) is 10.8 Å². The number of ether oxygens (including phenoxy) is 2. The Hall–Kier alpha value is -3.01. The summed E-state index contributed by atoms with van der Waals surface area (Å²) in [5.74, 6) is 2.03. The van der Waals surface area contributed by atoms with Gasteiger partial charge in [0, 0.05) is 47.7 Å². The molecule has 0 saturated carbocycles. The first-order chi connectivity index (χ1) is 14.1. The van der Waals surface area contributed by atoms with Gasteiger partial charge in [0.25, 0.3) is 0 Å². The number of aromatic nitrogens is 1. The van der Waals surface area contributed by atoms with E-state index in [1.54, 1.807) is 20.4 Å². The lowest BCUT2D eigenvalue weighted by Crippen LogP contribution is -2.46. The maximum atomic E-state index is 9.55. The molecule has 1 unspecified atom stereocenters. The molecule has 2 heterocycles. The summed E-state index contributed by atoms with van der Waals surface area (Å²) in [5.41, 5.74) is 1.64. The molecule has 7 heteroatoms. The standard InChI is InChI=1S/C22H21ClN4O2/c1-28-20-9-17-15(11-24)12-26-22(18(17)10-21(20)29-2)27-7-6-25-19(13-27)14-4-3-5-16(23)8-14/h3-5,8-10,12,19,25H,6-7,13H2,1-2H3. The van der Waals surface area contributed by atoms with Gasteiger partial charge in [-0.2, -0.15) is 5.26 Å². The van der Waals surface area contributed by atoms with Crippen molar-refractivity contribution in [1.29, 1.82) is 5.26 Å². The fourth-order valence-electron chi connectivity index (χ4n) is 3.78. The highest BCUT2D eigenvalue weighted by atomic mass is 35.5. The molecule has 4 rings (SSSR count). The number of hydrogen-bond acceptors (Lipinski definition) is 6. The first-order valence-corrected chi connectivity index (χ1v) is 9.71. The molecule has 0 radical (unpaired) electrons. The molecule has 1 fully saturated rings. The van der Waals surface area contributed by atoms with Gasteiger partial charge in [-0.15, -0.1) is 0 Å². The van der Waals surface area contributed by atoms with Crippen molar-refractivity contribution >= 4 is 28.2 Å². The second kappa shape index (κ2) is 8.16. The highest BCUT2D eigenvalue weighted by molar-refractivity contribution is 6.30. The summed E-state index contributed by atoms with van der Waals surface area (Å²) in [7, 11) is 3.19. The van der Waals surface area contributed by atoms with Gasteiger partial charge in [0.1, 0.15) is 11.9 Å². The normalized spacial score (nSPS) is 16.5. The molecule has 29 heavy (non-hydrogen) atoms. The van der Waals surface area contributed by atoms with E-state index < -0.39 is 0 Å². The molecule has 6 nitrogen and oxygen atoms in total. The van der Waals surface area contributed by atoms with E-state index in [0.717, 1.165) is 46.8 Å². The van der Waals surface area contributed by atoms with Crippen LogP contribution in [0.5, 0.6) is 11.5 Å². The maximum absolute atomic E-state index is 9.55. The molecule has 0 amide bonds. The number of nitrogens with zero attached hydrogens (tertiary/aromatic N) is 3. The van der Waals surface area contributed by atoms with Crippen LogP contribution in [0.3, 0.4) is 0 Å². The van der Waals surface area contributed by atoms with E-state index in [9.17, 15) is 5.26 Å². The monoisotopic (exact) mass is 408 g/mol. The zero-order valence-corrected chi connectivity index (χ0v) is 17.0. The summed E-state index contributed by atoms with van der Waals surface area (Å²) in [6.45, 7) is 2.36. The fourth-order valence-corrected chi connectivity index (χ4v) is 3.98. The van der Waals surface area contributed by atoms with Crippen LogP contribution in [0.4, 0.5) is 5.82 Å². The number of nitrogens with one attached hydrogen (secondary N) is 1. The van der Waals surface area contributed by atoms with Crippen LogP contribution < -0.4 is 19.7 Å². The first-order valence-electron chi connectivity index (χ1n) is 9.33. The molecule has 0 spiro atoms. The SMILES string of the molecule is COc1cc2c(C#N)cnc(N3CCNC(c4cccc(Cl)c4)C3)c2cc1OC. The van der Waals surface area contributed by atoms with Gasteiger partial charge in [-0.25, -0.2) is 4.98 Å². The predicted molar refractivity (Wildman–Crippen MR) is 114 cm³/mol. The Morgan fingerprint density at radius 2 is 1.93 bits per heavy atom. The van der Waals surface area contributed by atoms with Crippen molar-refractivity contribution in [2.24, 2.45) is 0 Å². The Labute approximate surface area is 174 Å². The number of halogens is 1. The number of methoxy groups -OCH3 is 2. The number of anilines is 1. The minimum atomic E-state index is 0.134. The zero-order chi connectivity index (χ0) is 20.4. The molecular formula is C22H21ClN4O2.